The number of carbonyl (C=O) groups excluding carboxylic acids is 3. The summed E-state index contributed by atoms with van der Waals surface area (Å²) in [5, 5.41) is 3.27. The molecule has 3 rings (SSSR count). The summed E-state index contributed by atoms with van der Waals surface area (Å²) in [5.41, 5.74) is 11.5. The number of para-hydroxylation sites is 1. The zero-order valence-electron chi connectivity index (χ0n) is 17.5. The third kappa shape index (κ3) is 6.00. The zero-order chi connectivity index (χ0) is 22.4. The fourth-order valence-electron chi connectivity index (χ4n) is 3.67. The van der Waals surface area contributed by atoms with Crippen LogP contribution in [0.4, 0.5) is 0 Å². The Bertz CT molecular complexity index is 951. The van der Waals surface area contributed by atoms with Gasteiger partial charge in [-0.25, -0.2) is 4.98 Å². The van der Waals surface area contributed by atoms with E-state index in [0.717, 1.165) is 16.6 Å². The SMILES string of the molecule is CC(=O)N1CCC[C@H](C(=O)NC(CCCN=C(N)N)C(=O)c2nc3ccccc3s2)C1. The van der Waals surface area contributed by atoms with Crippen LogP contribution in [0.3, 0.4) is 0 Å². The molecule has 0 radical (unpaired) electrons. The van der Waals surface area contributed by atoms with Crippen molar-refractivity contribution in [1.29, 1.82) is 0 Å². The highest BCUT2D eigenvalue weighted by molar-refractivity contribution is 7.20. The number of rotatable bonds is 8. The summed E-state index contributed by atoms with van der Waals surface area (Å²) < 4.78 is 0.917. The lowest BCUT2D eigenvalue weighted by molar-refractivity contribution is -0.134. The molecule has 1 fully saturated rings. The van der Waals surface area contributed by atoms with Crippen molar-refractivity contribution in [3.05, 3.63) is 29.3 Å². The third-order valence-corrected chi connectivity index (χ3v) is 6.37. The summed E-state index contributed by atoms with van der Waals surface area (Å²) in [6.45, 7) is 2.90. The molecule has 1 aliphatic heterocycles. The van der Waals surface area contributed by atoms with Crippen molar-refractivity contribution in [1.82, 2.24) is 15.2 Å². The van der Waals surface area contributed by atoms with E-state index in [9.17, 15) is 14.4 Å². The second-order valence-electron chi connectivity index (χ2n) is 7.67. The van der Waals surface area contributed by atoms with Gasteiger partial charge in [-0.05, 0) is 37.8 Å². The number of guanidine groups is 1. The number of aliphatic imine (C=N–C) groups is 1. The van der Waals surface area contributed by atoms with Crippen LogP contribution in [0, 0.1) is 5.92 Å². The molecular formula is C21H28N6O3S. The van der Waals surface area contributed by atoms with E-state index >= 15 is 0 Å². The quantitative estimate of drug-likeness (QED) is 0.242. The number of ketones is 1. The first kappa shape index (κ1) is 22.7. The van der Waals surface area contributed by atoms with Crippen molar-refractivity contribution >= 4 is 45.1 Å². The van der Waals surface area contributed by atoms with Gasteiger partial charge in [-0.2, -0.15) is 0 Å². The van der Waals surface area contributed by atoms with E-state index in [0.29, 0.717) is 43.9 Å². The number of hydrogen-bond acceptors (Lipinski definition) is 6. The molecule has 1 aromatic carbocycles. The van der Waals surface area contributed by atoms with Gasteiger partial charge in [-0.15, -0.1) is 11.3 Å². The van der Waals surface area contributed by atoms with E-state index in [4.69, 9.17) is 11.5 Å². The van der Waals surface area contributed by atoms with Gasteiger partial charge in [0, 0.05) is 26.6 Å². The minimum absolute atomic E-state index is 0.00962. The predicted molar refractivity (Wildman–Crippen MR) is 121 cm³/mol. The van der Waals surface area contributed by atoms with Gasteiger partial charge < -0.3 is 21.7 Å². The summed E-state index contributed by atoms with van der Waals surface area (Å²) in [7, 11) is 0. The Morgan fingerprint density at radius 2 is 2.10 bits per heavy atom. The highest BCUT2D eigenvalue weighted by Crippen LogP contribution is 2.24. The van der Waals surface area contributed by atoms with Crippen LogP contribution in [0.5, 0.6) is 0 Å². The minimum Gasteiger partial charge on any atom is -0.370 e. The van der Waals surface area contributed by atoms with Crippen LogP contribution in [0.2, 0.25) is 0 Å². The number of likely N-dealkylation sites (tertiary alicyclic amines) is 1. The Balaban J connectivity index is 1.73. The molecule has 166 valence electrons. The molecule has 2 amide bonds. The first-order chi connectivity index (χ1) is 14.8. The summed E-state index contributed by atoms with van der Waals surface area (Å²) in [5.74, 6) is -0.826. The topological polar surface area (TPSA) is 144 Å². The number of piperidine rings is 1. The molecule has 10 heteroatoms. The molecule has 1 saturated heterocycles. The van der Waals surface area contributed by atoms with E-state index < -0.39 is 6.04 Å². The van der Waals surface area contributed by atoms with Crippen molar-refractivity contribution < 1.29 is 14.4 Å². The molecule has 2 atom stereocenters. The number of nitrogens with zero attached hydrogens (tertiary/aromatic N) is 3. The van der Waals surface area contributed by atoms with E-state index in [1.165, 1.54) is 18.3 Å². The van der Waals surface area contributed by atoms with Crippen LogP contribution in [-0.4, -0.2) is 59.1 Å². The highest BCUT2D eigenvalue weighted by atomic mass is 32.1. The molecule has 31 heavy (non-hydrogen) atoms. The Hall–Kier alpha value is -3.01. The Morgan fingerprint density at radius 1 is 1.32 bits per heavy atom. The van der Waals surface area contributed by atoms with Gasteiger partial charge in [0.05, 0.1) is 22.2 Å². The number of amides is 2. The second kappa shape index (κ2) is 10.3. The van der Waals surface area contributed by atoms with Crippen molar-refractivity contribution in [3.8, 4) is 0 Å². The lowest BCUT2D eigenvalue weighted by atomic mass is 9.96. The maximum absolute atomic E-state index is 13.2. The number of fused-ring (bicyclic) bond motifs is 1. The van der Waals surface area contributed by atoms with Crippen LogP contribution in [0.15, 0.2) is 29.3 Å². The Labute approximate surface area is 184 Å². The van der Waals surface area contributed by atoms with Gasteiger partial charge in [0.15, 0.2) is 11.0 Å². The van der Waals surface area contributed by atoms with Crippen LogP contribution in [-0.2, 0) is 9.59 Å². The minimum atomic E-state index is -0.727. The van der Waals surface area contributed by atoms with Crippen LogP contribution in [0.25, 0.3) is 10.2 Å². The van der Waals surface area contributed by atoms with Crippen molar-refractivity contribution in [2.24, 2.45) is 22.4 Å². The van der Waals surface area contributed by atoms with E-state index in [1.54, 1.807) is 4.90 Å². The first-order valence-corrected chi connectivity index (χ1v) is 11.2. The molecule has 0 spiro atoms. The third-order valence-electron chi connectivity index (χ3n) is 5.32. The number of aromatic nitrogens is 1. The van der Waals surface area contributed by atoms with E-state index in [-0.39, 0.29) is 29.5 Å². The molecule has 2 heterocycles. The molecule has 1 aliphatic rings. The number of benzene rings is 1. The van der Waals surface area contributed by atoms with E-state index in [2.05, 4.69) is 15.3 Å². The number of thiazole rings is 1. The van der Waals surface area contributed by atoms with Gasteiger partial charge in [-0.1, -0.05) is 12.1 Å². The highest BCUT2D eigenvalue weighted by Gasteiger charge is 2.31. The number of carbonyl (C=O) groups is 3. The molecule has 0 saturated carbocycles. The fraction of sp³-hybridized carbons (Fsp3) is 0.476. The van der Waals surface area contributed by atoms with Crippen LogP contribution < -0.4 is 16.8 Å². The molecule has 2 aromatic rings. The maximum Gasteiger partial charge on any atom is 0.225 e. The lowest BCUT2D eigenvalue weighted by Crippen LogP contribution is -2.49. The molecule has 9 nitrogen and oxygen atoms in total. The average Bonchev–Trinajstić information content (AvgIpc) is 3.19. The van der Waals surface area contributed by atoms with Crippen LogP contribution in [0.1, 0.15) is 42.4 Å². The molecule has 0 bridgehead atoms. The first-order valence-electron chi connectivity index (χ1n) is 10.4. The molecule has 1 unspecified atom stereocenters. The summed E-state index contributed by atoms with van der Waals surface area (Å²) in [4.78, 5) is 47.9. The standard InChI is InChI=1S/C21H28N6O3S/c1-13(28)27-11-5-6-14(12-27)19(30)25-16(8-4-10-24-21(22)23)18(29)20-26-15-7-2-3-9-17(15)31-20/h2-3,7,9,14,16H,4-6,8,10-12H2,1H3,(H,25,30)(H4,22,23,24)/t14-,16?/m0/s1. The van der Waals surface area contributed by atoms with Gasteiger partial charge in [0.1, 0.15) is 0 Å². The van der Waals surface area contributed by atoms with Gasteiger partial charge >= 0.3 is 0 Å². The molecular weight excluding hydrogens is 416 g/mol. The van der Waals surface area contributed by atoms with Crippen molar-refractivity contribution in [2.75, 3.05) is 19.6 Å². The number of nitrogens with two attached hydrogens (primary N) is 2. The number of nitrogens with one attached hydrogen (secondary N) is 1. The fourth-order valence-corrected chi connectivity index (χ4v) is 4.63. The number of Topliss-reactive ketones (excluding diaryl/α,β-unsaturated/α-hetero) is 1. The van der Waals surface area contributed by atoms with Gasteiger partial charge in [-0.3, -0.25) is 19.4 Å². The lowest BCUT2D eigenvalue weighted by Gasteiger charge is -2.32. The molecule has 0 aliphatic carbocycles. The Morgan fingerprint density at radius 3 is 2.81 bits per heavy atom. The molecule has 5 N–H and O–H groups in total. The maximum atomic E-state index is 13.2. The summed E-state index contributed by atoms with van der Waals surface area (Å²) >= 11 is 1.31. The summed E-state index contributed by atoms with van der Waals surface area (Å²) in [6, 6.07) is 6.80. The predicted octanol–water partition coefficient (Wildman–Crippen LogP) is 1.28. The second-order valence-corrected chi connectivity index (χ2v) is 8.70. The zero-order valence-corrected chi connectivity index (χ0v) is 18.4. The molecule has 1 aromatic heterocycles. The number of hydrogen-bond donors (Lipinski definition) is 3. The van der Waals surface area contributed by atoms with E-state index in [1.807, 2.05) is 24.3 Å². The summed E-state index contributed by atoms with van der Waals surface area (Å²) in [6.07, 6.45) is 2.37. The van der Waals surface area contributed by atoms with Gasteiger partial charge in [0.25, 0.3) is 0 Å². The normalized spacial score (nSPS) is 17.2. The van der Waals surface area contributed by atoms with Gasteiger partial charge in [0.2, 0.25) is 17.6 Å². The van der Waals surface area contributed by atoms with Crippen molar-refractivity contribution in [3.63, 3.8) is 0 Å². The smallest absolute Gasteiger partial charge is 0.225 e. The average molecular weight is 445 g/mol. The largest absolute Gasteiger partial charge is 0.370 e. The Kier molecular flexibility index (Phi) is 7.56. The van der Waals surface area contributed by atoms with Crippen molar-refractivity contribution in [2.45, 2.75) is 38.6 Å². The van der Waals surface area contributed by atoms with Crippen LogP contribution >= 0.6 is 11.3 Å². The monoisotopic (exact) mass is 444 g/mol.